The van der Waals surface area contributed by atoms with Crippen LogP contribution in [0.15, 0.2) is 30.5 Å². The number of likely N-dealkylation sites (tertiary alicyclic amines) is 1. The number of aliphatic hydroxyl groups is 1. The fourth-order valence-electron chi connectivity index (χ4n) is 3.87. The highest BCUT2D eigenvalue weighted by molar-refractivity contribution is 5.85. The molecule has 0 bridgehead atoms. The van der Waals surface area contributed by atoms with Gasteiger partial charge in [0.15, 0.2) is 0 Å². The number of β-amino-alcohol motifs (C(OH)–C–C–N with tert-alkyl or cyclic N) is 1. The van der Waals surface area contributed by atoms with E-state index in [1.54, 1.807) is 0 Å². The van der Waals surface area contributed by atoms with Gasteiger partial charge in [0.05, 0.1) is 6.61 Å². The summed E-state index contributed by atoms with van der Waals surface area (Å²) in [5, 5.41) is 11.4. The predicted molar refractivity (Wildman–Crippen MR) is 88.7 cm³/mol. The molecule has 4 rings (SSSR count). The molecule has 1 aromatic carbocycles. The van der Waals surface area contributed by atoms with E-state index >= 15 is 0 Å². The maximum Gasteiger partial charge on any atom is 0.128 e. The van der Waals surface area contributed by atoms with Gasteiger partial charge in [-0.1, -0.05) is 6.07 Å². The van der Waals surface area contributed by atoms with E-state index in [4.69, 9.17) is 9.47 Å². The summed E-state index contributed by atoms with van der Waals surface area (Å²) in [5.74, 6) is 0.824. The summed E-state index contributed by atoms with van der Waals surface area (Å²) < 4.78 is 11.4. The third kappa shape index (κ3) is 3.09. The molecule has 23 heavy (non-hydrogen) atoms. The summed E-state index contributed by atoms with van der Waals surface area (Å²) in [6.07, 6.45) is 3.78. The molecule has 2 aliphatic heterocycles. The maximum atomic E-state index is 10.3. The highest BCUT2D eigenvalue weighted by atomic mass is 16.5. The van der Waals surface area contributed by atoms with Crippen LogP contribution in [0.4, 0.5) is 0 Å². The minimum absolute atomic E-state index is 0.324. The van der Waals surface area contributed by atoms with Gasteiger partial charge in [0.1, 0.15) is 18.5 Å². The zero-order valence-corrected chi connectivity index (χ0v) is 13.3. The molecule has 2 N–H and O–H groups in total. The molecule has 0 aliphatic carbocycles. The molecule has 1 aromatic heterocycles. The zero-order chi connectivity index (χ0) is 15.7. The van der Waals surface area contributed by atoms with Crippen LogP contribution in [0, 0.1) is 5.41 Å². The first-order valence-corrected chi connectivity index (χ1v) is 8.41. The Hall–Kier alpha value is -1.56. The van der Waals surface area contributed by atoms with E-state index in [0.29, 0.717) is 18.6 Å². The number of aromatic nitrogens is 1. The lowest BCUT2D eigenvalue weighted by molar-refractivity contribution is 0.0710. The first-order chi connectivity index (χ1) is 11.2. The minimum atomic E-state index is -0.471. The van der Waals surface area contributed by atoms with Gasteiger partial charge in [0, 0.05) is 42.2 Å². The second-order valence-corrected chi connectivity index (χ2v) is 6.95. The third-order valence-electron chi connectivity index (χ3n) is 5.16. The lowest BCUT2D eigenvalue weighted by Gasteiger charge is -2.24. The number of aliphatic hydroxyl groups excluding tert-OH is 1. The number of rotatable bonds is 5. The maximum absolute atomic E-state index is 10.3. The van der Waals surface area contributed by atoms with Crippen LogP contribution in [0.25, 0.3) is 10.9 Å². The predicted octanol–water partition coefficient (Wildman–Crippen LogP) is 2.02. The molecule has 3 heterocycles. The van der Waals surface area contributed by atoms with Crippen LogP contribution in [0.5, 0.6) is 5.75 Å². The normalized spacial score (nSPS) is 26.3. The standard InChI is InChI=1S/C18H24N2O3/c21-14(10-20-8-5-18(12-20)6-9-22-13-18)11-23-17-3-1-2-16-15(17)4-7-19-16/h1-4,7,14,19,21H,5-6,8-13H2. The topological polar surface area (TPSA) is 57.7 Å². The van der Waals surface area contributed by atoms with Crippen molar-refractivity contribution in [2.24, 2.45) is 5.41 Å². The Balaban J connectivity index is 1.30. The van der Waals surface area contributed by atoms with E-state index in [2.05, 4.69) is 9.88 Å². The van der Waals surface area contributed by atoms with E-state index in [-0.39, 0.29) is 0 Å². The summed E-state index contributed by atoms with van der Waals surface area (Å²) >= 11 is 0. The zero-order valence-electron chi connectivity index (χ0n) is 13.3. The largest absolute Gasteiger partial charge is 0.490 e. The van der Waals surface area contributed by atoms with Crippen molar-refractivity contribution in [2.75, 3.05) is 39.5 Å². The van der Waals surface area contributed by atoms with Gasteiger partial charge in [-0.3, -0.25) is 4.90 Å². The van der Waals surface area contributed by atoms with Crippen molar-refractivity contribution >= 4 is 10.9 Å². The molecule has 5 nitrogen and oxygen atoms in total. The van der Waals surface area contributed by atoms with Crippen molar-refractivity contribution in [3.8, 4) is 5.75 Å². The Morgan fingerprint density at radius 1 is 1.35 bits per heavy atom. The molecular formula is C18H24N2O3. The van der Waals surface area contributed by atoms with E-state index in [0.717, 1.165) is 49.4 Å². The van der Waals surface area contributed by atoms with Gasteiger partial charge in [-0.25, -0.2) is 0 Å². The molecule has 0 saturated carbocycles. The van der Waals surface area contributed by atoms with Crippen molar-refractivity contribution in [2.45, 2.75) is 18.9 Å². The molecule has 2 atom stereocenters. The third-order valence-corrected chi connectivity index (χ3v) is 5.16. The summed E-state index contributed by atoms with van der Waals surface area (Å²) in [4.78, 5) is 5.52. The molecule has 1 spiro atoms. The number of ether oxygens (including phenoxy) is 2. The molecule has 2 aromatic rings. The van der Waals surface area contributed by atoms with E-state index in [1.807, 2.05) is 30.5 Å². The number of benzene rings is 1. The molecule has 124 valence electrons. The van der Waals surface area contributed by atoms with Crippen LogP contribution in [-0.4, -0.2) is 60.5 Å². The number of H-pyrrole nitrogens is 1. The molecule has 2 fully saturated rings. The number of hydrogen-bond donors (Lipinski definition) is 2. The Kier molecular flexibility index (Phi) is 4.01. The Labute approximate surface area is 136 Å². The Morgan fingerprint density at radius 2 is 2.30 bits per heavy atom. The molecule has 2 saturated heterocycles. The lowest BCUT2D eigenvalue weighted by Crippen LogP contribution is -2.36. The fraction of sp³-hybridized carbons (Fsp3) is 0.556. The highest BCUT2D eigenvalue weighted by Gasteiger charge is 2.41. The summed E-state index contributed by atoms with van der Waals surface area (Å²) in [6.45, 7) is 4.85. The Bertz CT molecular complexity index is 663. The van der Waals surface area contributed by atoms with E-state index in [1.165, 1.54) is 6.42 Å². The van der Waals surface area contributed by atoms with E-state index < -0.39 is 6.10 Å². The molecule has 0 radical (unpaired) electrons. The van der Waals surface area contributed by atoms with Gasteiger partial charge < -0.3 is 19.6 Å². The van der Waals surface area contributed by atoms with Crippen LogP contribution in [0.3, 0.4) is 0 Å². The average molecular weight is 316 g/mol. The fourth-order valence-corrected chi connectivity index (χ4v) is 3.87. The smallest absolute Gasteiger partial charge is 0.128 e. The first-order valence-electron chi connectivity index (χ1n) is 8.41. The van der Waals surface area contributed by atoms with Crippen LogP contribution in [0.1, 0.15) is 12.8 Å². The molecule has 0 amide bonds. The van der Waals surface area contributed by atoms with Gasteiger partial charge >= 0.3 is 0 Å². The monoisotopic (exact) mass is 316 g/mol. The van der Waals surface area contributed by atoms with Gasteiger partial charge in [-0.2, -0.15) is 0 Å². The molecule has 2 aliphatic rings. The quantitative estimate of drug-likeness (QED) is 0.886. The van der Waals surface area contributed by atoms with Gasteiger partial charge in [-0.05, 0) is 37.6 Å². The highest BCUT2D eigenvalue weighted by Crippen LogP contribution is 2.38. The number of hydrogen-bond acceptors (Lipinski definition) is 4. The average Bonchev–Trinajstić information content (AvgIpc) is 3.28. The lowest BCUT2D eigenvalue weighted by atomic mass is 9.87. The van der Waals surface area contributed by atoms with Crippen LogP contribution >= 0.6 is 0 Å². The summed E-state index contributed by atoms with van der Waals surface area (Å²) in [5.41, 5.74) is 1.40. The molecule has 2 unspecified atom stereocenters. The van der Waals surface area contributed by atoms with Crippen LogP contribution in [0.2, 0.25) is 0 Å². The van der Waals surface area contributed by atoms with Crippen molar-refractivity contribution in [1.29, 1.82) is 0 Å². The Morgan fingerprint density at radius 3 is 3.17 bits per heavy atom. The molecular weight excluding hydrogens is 292 g/mol. The van der Waals surface area contributed by atoms with Crippen LogP contribution < -0.4 is 4.74 Å². The SMILES string of the molecule is OC(COc1cccc2[nH]ccc12)CN1CCC2(CCOC2)C1. The van der Waals surface area contributed by atoms with Crippen molar-refractivity contribution in [3.63, 3.8) is 0 Å². The number of nitrogens with zero attached hydrogens (tertiary/aromatic N) is 1. The molecule has 5 heteroatoms. The second-order valence-electron chi connectivity index (χ2n) is 6.95. The van der Waals surface area contributed by atoms with Crippen molar-refractivity contribution in [3.05, 3.63) is 30.5 Å². The minimum Gasteiger partial charge on any atom is -0.490 e. The number of fused-ring (bicyclic) bond motifs is 1. The van der Waals surface area contributed by atoms with Gasteiger partial charge in [-0.15, -0.1) is 0 Å². The second kappa shape index (κ2) is 6.15. The van der Waals surface area contributed by atoms with Crippen molar-refractivity contribution < 1.29 is 14.6 Å². The summed E-state index contributed by atoms with van der Waals surface area (Å²) in [6, 6.07) is 7.93. The van der Waals surface area contributed by atoms with Crippen molar-refractivity contribution in [1.82, 2.24) is 9.88 Å². The van der Waals surface area contributed by atoms with Crippen LogP contribution in [-0.2, 0) is 4.74 Å². The van der Waals surface area contributed by atoms with Gasteiger partial charge in [0.25, 0.3) is 0 Å². The number of aromatic amines is 1. The van der Waals surface area contributed by atoms with E-state index in [9.17, 15) is 5.11 Å². The van der Waals surface area contributed by atoms with Gasteiger partial charge in [0.2, 0.25) is 0 Å². The first kappa shape index (κ1) is 15.0. The number of nitrogens with one attached hydrogen (secondary N) is 1. The summed E-state index contributed by atoms with van der Waals surface area (Å²) in [7, 11) is 0.